The Morgan fingerprint density at radius 3 is 2.87 bits per heavy atom. The van der Waals surface area contributed by atoms with Crippen molar-refractivity contribution >= 4 is 17.3 Å². The second-order valence-corrected chi connectivity index (χ2v) is 3.42. The first kappa shape index (κ1) is 9.73. The van der Waals surface area contributed by atoms with Crippen molar-refractivity contribution in [1.29, 1.82) is 0 Å². The van der Waals surface area contributed by atoms with E-state index in [0.717, 1.165) is 0 Å². The number of benzene rings is 1. The molecule has 0 aliphatic rings. The molecular formula is C10H8ClN3O. The molecule has 0 aliphatic heterocycles. The zero-order valence-electron chi connectivity index (χ0n) is 7.72. The van der Waals surface area contributed by atoms with Gasteiger partial charge in [-0.05, 0) is 24.3 Å². The molecule has 76 valence electrons. The lowest BCUT2D eigenvalue weighted by molar-refractivity contribution is 0.810. The van der Waals surface area contributed by atoms with Crippen molar-refractivity contribution in [1.82, 2.24) is 9.78 Å². The summed E-state index contributed by atoms with van der Waals surface area (Å²) in [5, 5.41) is 4.46. The number of hydrogen-bond donors (Lipinski definition) is 1. The van der Waals surface area contributed by atoms with Gasteiger partial charge < -0.3 is 5.73 Å². The minimum Gasteiger partial charge on any atom is -0.394 e. The van der Waals surface area contributed by atoms with Crippen molar-refractivity contribution in [3.63, 3.8) is 0 Å². The Morgan fingerprint density at radius 2 is 2.13 bits per heavy atom. The Balaban J connectivity index is 2.65. The molecule has 5 heteroatoms. The highest BCUT2D eigenvalue weighted by Gasteiger charge is 2.03. The molecule has 0 amide bonds. The number of nitrogens with two attached hydrogens (primary N) is 1. The average Bonchev–Trinajstić information content (AvgIpc) is 2.22. The van der Waals surface area contributed by atoms with Crippen LogP contribution < -0.4 is 11.3 Å². The SMILES string of the molecule is Nc1ccnn(-c2cccc(Cl)c2)c1=O. The molecule has 1 aromatic heterocycles. The summed E-state index contributed by atoms with van der Waals surface area (Å²) >= 11 is 5.81. The molecule has 0 saturated heterocycles. The quantitative estimate of drug-likeness (QED) is 0.793. The normalized spacial score (nSPS) is 10.2. The third kappa shape index (κ3) is 1.85. The highest BCUT2D eigenvalue weighted by molar-refractivity contribution is 6.30. The van der Waals surface area contributed by atoms with E-state index in [1.54, 1.807) is 24.3 Å². The van der Waals surface area contributed by atoms with Gasteiger partial charge in [0, 0.05) is 5.02 Å². The highest BCUT2D eigenvalue weighted by atomic mass is 35.5. The number of rotatable bonds is 1. The zero-order chi connectivity index (χ0) is 10.8. The number of anilines is 1. The van der Waals surface area contributed by atoms with E-state index in [-0.39, 0.29) is 11.2 Å². The summed E-state index contributed by atoms with van der Waals surface area (Å²) in [4.78, 5) is 11.6. The standard InChI is InChI=1S/C10H8ClN3O/c11-7-2-1-3-8(6-7)14-10(15)9(12)4-5-13-14/h1-6H,12H2. The molecule has 15 heavy (non-hydrogen) atoms. The molecule has 2 rings (SSSR count). The summed E-state index contributed by atoms with van der Waals surface area (Å²) in [5.74, 6) is 0. The summed E-state index contributed by atoms with van der Waals surface area (Å²) < 4.78 is 1.21. The third-order valence-electron chi connectivity index (χ3n) is 1.93. The van der Waals surface area contributed by atoms with Gasteiger partial charge in [0.05, 0.1) is 11.9 Å². The molecule has 1 heterocycles. The minimum atomic E-state index is -0.347. The zero-order valence-corrected chi connectivity index (χ0v) is 8.48. The van der Waals surface area contributed by atoms with Crippen molar-refractivity contribution in [2.75, 3.05) is 5.73 Å². The lowest BCUT2D eigenvalue weighted by Gasteiger charge is -2.04. The maximum atomic E-state index is 11.6. The largest absolute Gasteiger partial charge is 0.394 e. The molecular weight excluding hydrogens is 214 g/mol. The van der Waals surface area contributed by atoms with Crippen LogP contribution in [0.1, 0.15) is 0 Å². The molecule has 4 nitrogen and oxygen atoms in total. The lowest BCUT2D eigenvalue weighted by atomic mass is 10.3. The Hall–Kier alpha value is -1.81. The fourth-order valence-corrected chi connectivity index (χ4v) is 1.40. The van der Waals surface area contributed by atoms with Crippen molar-refractivity contribution in [3.05, 3.63) is 51.9 Å². The first-order valence-corrected chi connectivity index (χ1v) is 4.66. The Kier molecular flexibility index (Phi) is 2.43. The highest BCUT2D eigenvalue weighted by Crippen LogP contribution is 2.12. The summed E-state index contributed by atoms with van der Waals surface area (Å²) in [6.07, 6.45) is 1.47. The Bertz CT molecular complexity index is 550. The van der Waals surface area contributed by atoms with Crippen molar-refractivity contribution in [2.45, 2.75) is 0 Å². The van der Waals surface area contributed by atoms with Crippen LogP contribution in [0.5, 0.6) is 0 Å². The van der Waals surface area contributed by atoms with E-state index in [4.69, 9.17) is 17.3 Å². The van der Waals surface area contributed by atoms with Gasteiger partial charge in [0.1, 0.15) is 5.69 Å². The molecule has 2 aromatic rings. The van der Waals surface area contributed by atoms with Crippen LogP contribution >= 0.6 is 11.6 Å². The molecule has 0 atom stereocenters. The van der Waals surface area contributed by atoms with Crippen LogP contribution in [0.3, 0.4) is 0 Å². The number of aromatic nitrogens is 2. The molecule has 2 N–H and O–H groups in total. The second kappa shape index (κ2) is 3.74. The van der Waals surface area contributed by atoms with Gasteiger partial charge in [-0.2, -0.15) is 9.78 Å². The molecule has 0 unspecified atom stereocenters. The van der Waals surface area contributed by atoms with Crippen LogP contribution in [0.2, 0.25) is 5.02 Å². The van der Waals surface area contributed by atoms with Gasteiger partial charge in [0.2, 0.25) is 0 Å². The molecule has 0 spiro atoms. The van der Waals surface area contributed by atoms with Gasteiger partial charge in [-0.15, -0.1) is 0 Å². The molecule has 0 aliphatic carbocycles. The van der Waals surface area contributed by atoms with Crippen molar-refractivity contribution in [3.8, 4) is 5.69 Å². The Labute approximate surface area is 90.9 Å². The van der Waals surface area contributed by atoms with Crippen molar-refractivity contribution < 1.29 is 0 Å². The van der Waals surface area contributed by atoms with Gasteiger partial charge in [0.25, 0.3) is 5.56 Å². The van der Waals surface area contributed by atoms with Crippen LogP contribution in [0.15, 0.2) is 41.3 Å². The van der Waals surface area contributed by atoms with E-state index in [9.17, 15) is 4.79 Å². The maximum absolute atomic E-state index is 11.6. The predicted molar refractivity (Wildman–Crippen MR) is 59.3 cm³/mol. The van der Waals surface area contributed by atoms with E-state index in [0.29, 0.717) is 10.7 Å². The first-order valence-electron chi connectivity index (χ1n) is 4.28. The van der Waals surface area contributed by atoms with E-state index in [1.807, 2.05) is 0 Å². The summed E-state index contributed by atoms with van der Waals surface area (Å²) in [6, 6.07) is 8.32. The van der Waals surface area contributed by atoms with E-state index < -0.39 is 0 Å². The topological polar surface area (TPSA) is 60.9 Å². The van der Waals surface area contributed by atoms with Crippen molar-refractivity contribution in [2.24, 2.45) is 0 Å². The molecule has 0 radical (unpaired) electrons. The lowest BCUT2D eigenvalue weighted by Crippen LogP contribution is -2.23. The van der Waals surface area contributed by atoms with E-state index in [2.05, 4.69) is 5.10 Å². The van der Waals surface area contributed by atoms with Crippen LogP contribution in [0.4, 0.5) is 5.69 Å². The van der Waals surface area contributed by atoms with Gasteiger partial charge >= 0.3 is 0 Å². The van der Waals surface area contributed by atoms with Gasteiger partial charge in [0.15, 0.2) is 0 Å². The fourth-order valence-electron chi connectivity index (χ4n) is 1.22. The first-order chi connectivity index (χ1) is 7.18. The number of nitrogens with zero attached hydrogens (tertiary/aromatic N) is 2. The van der Waals surface area contributed by atoms with Crippen LogP contribution in [0.25, 0.3) is 5.69 Å². The van der Waals surface area contributed by atoms with Gasteiger partial charge in [-0.1, -0.05) is 17.7 Å². The van der Waals surface area contributed by atoms with Crippen LogP contribution in [-0.4, -0.2) is 9.78 Å². The van der Waals surface area contributed by atoms with Crippen LogP contribution in [-0.2, 0) is 0 Å². The maximum Gasteiger partial charge on any atom is 0.294 e. The van der Waals surface area contributed by atoms with Crippen LogP contribution in [0, 0.1) is 0 Å². The van der Waals surface area contributed by atoms with Gasteiger partial charge in [-0.3, -0.25) is 4.79 Å². The fraction of sp³-hybridized carbons (Fsp3) is 0. The van der Waals surface area contributed by atoms with E-state index >= 15 is 0 Å². The van der Waals surface area contributed by atoms with E-state index in [1.165, 1.54) is 16.9 Å². The molecule has 0 bridgehead atoms. The summed E-state index contributed by atoms with van der Waals surface area (Å²) in [7, 11) is 0. The monoisotopic (exact) mass is 221 g/mol. The summed E-state index contributed by atoms with van der Waals surface area (Å²) in [6.45, 7) is 0. The average molecular weight is 222 g/mol. The number of hydrogen-bond acceptors (Lipinski definition) is 3. The smallest absolute Gasteiger partial charge is 0.294 e. The second-order valence-electron chi connectivity index (χ2n) is 2.98. The molecule has 0 fully saturated rings. The predicted octanol–water partition coefficient (Wildman–Crippen LogP) is 1.47. The summed E-state index contributed by atoms with van der Waals surface area (Å²) in [5.41, 5.74) is 5.90. The Morgan fingerprint density at radius 1 is 1.33 bits per heavy atom. The number of nitrogen functional groups attached to an aromatic ring is 1. The molecule has 0 saturated carbocycles. The molecule has 1 aromatic carbocycles. The van der Waals surface area contributed by atoms with Gasteiger partial charge in [-0.25, -0.2) is 0 Å². The third-order valence-corrected chi connectivity index (χ3v) is 2.16. The number of halogens is 1. The minimum absolute atomic E-state index is 0.157.